The summed E-state index contributed by atoms with van der Waals surface area (Å²) in [6.45, 7) is 10.0. The number of esters is 4. The average molecular weight is 811 g/mol. The van der Waals surface area contributed by atoms with Crippen molar-refractivity contribution in [2.24, 2.45) is 0 Å². The van der Waals surface area contributed by atoms with Crippen LogP contribution in [0.25, 0.3) is 0 Å². The first-order chi connectivity index (χ1) is 27.2. The lowest BCUT2D eigenvalue weighted by Crippen LogP contribution is -2.42. The number of hydrogen-bond acceptors (Lipinski definition) is 10. The fraction of sp³-hybridized carbons (Fsp3) is 0.444. The van der Waals surface area contributed by atoms with Crippen LogP contribution in [-0.4, -0.2) is 61.7 Å². The quantitative estimate of drug-likeness (QED) is 0.183. The average Bonchev–Trinajstić information content (AvgIpc) is 3.18. The normalized spacial score (nSPS) is 17.4. The summed E-state index contributed by atoms with van der Waals surface area (Å²) in [5.74, 6) is -3.01. The second-order valence-electron chi connectivity index (χ2n) is 15.4. The first-order valence-corrected chi connectivity index (χ1v) is 18.8. The zero-order chi connectivity index (χ0) is 43.6. The predicted molar refractivity (Wildman–Crippen MR) is 209 cm³/mol. The van der Waals surface area contributed by atoms with Crippen LogP contribution in [0.1, 0.15) is 99.1 Å². The van der Waals surface area contributed by atoms with Gasteiger partial charge < -0.3 is 24.1 Å². The maximum absolute atomic E-state index is 14.1. The van der Waals surface area contributed by atoms with Gasteiger partial charge in [-0.3, -0.25) is 19.2 Å². The Balaban J connectivity index is 0.000000247. The fourth-order valence-corrected chi connectivity index (χ4v) is 7.27. The Morgan fingerprint density at radius 3 is 1.60 bits per heavy atom. The van der Waals surface area contributed by atoms with Crippen LogP contribution in [0, 0.1) is 38.2 Å². The molecular formula is C45H53F3O10. The van der Waals surface area contributed by atoms with E-state index in [0.717, 1.165) is 0 Å². The maximum atomic E-state index is 14.1. The van der Waals surface area contributed by atoms with Gasteiger partial charge in [0, 0.05) is 25.7 Å². The van der Waals surface area contributed by atoms with Gasteiger partial charge in [-0.25, -0.2) is 18.0 Å². The molecule has 0 amide bonds. The van der Waals surface area contributed by atoms with Gasteiger partial charge in [0.15, 0.2) is 0 Å². The van der Waals surface area contributed by atoms with Crippen molar-refractivity contribution in [1.29, 1.82) is 0 Å². The van der Waals surface area contributed by atoms with E-state index in [4.69, 9.17) is 14.2 Å². The number of ketones is 1. The first kappa shape index (κ1) is 46.9. The smallest absolute Gasteiger partial charge is 0.337 e. The molecule has 0 saturated heterocycles. The Bertz CT molecular complexity index is 2040. The van der Waals surface area contributed by atoms with Crippen molar-refractivity contribution in [1.82, 2.24) is 0 Å². The highest BCUT2D eigenvalue weighted by Crippen LogP contribution is 2.45. The predicted octanol–water partition coefficient (Wildman–Crippen LogP) is 8.42. The third-order valence-corrected chi connectivity index (χ3v) is 10.6. The molecule has 0 heterocycles. The van der Waals surface area contributed by atoms with Crippen LogP contribution in [-0.2, 0) is 60.2 Å². The minimum absolute atomic E-state index is 0.0280. The van der Waals surface area contributed by atoms with E-state index in [2.05, 4.69) is 4.74 Å². The van der Waals surface area contributed by atoms with Crippen molar-refractivity contribution in [3.63, 3.8) is 0 Å². The monoisotopic (exact) mass is 810 g/mol. The van der Waals surface area contributed by atoms with Gasteiger partial charge in [0.1, 0.15) is 34.6 Å². The molecule has 13 heteroatoms. The van der Waals surface area contributed by atoms with Crippen molar-refractivity contribution in [2.75, 3.05) is 21.3 Å². The first-order valence-electron chi connectivity index (χ1n) is 18.8. The zero-order valence-corrected chi connectivity index (χ0v) is 34.6. The molecule has 1 saturated carbocycles. The molecule has 10 nitrogen and oxygen atoms in total. The third-order valence-electron chi connectivity index (χ3n) is 10.6. The van der Waals surface area contributed by atoms with E-state index in [1.807, 2.05) is 0 Å². The highest BCUT2D eigenvalue weighted by atomic mass is 19.1. The lowest BCUT2D eigenvalue weighted by molar-refractivity contribution is -0.153. The molecule has 5 rings (SSSR count). The number of aliphatic hydroxyl groups is 1. The van der Waals surface area contributed by atoms with Gasteiger partial charge >= 0.3 is 23.9 Å². The van der Waals surface area contributed by atoms with Crippen LogP contribution in [0.5, 0.6) is 0 Å². The Labute approximate surface area is 337 Å². The van der Waals surface area contributed by atoms with Gasteiger partial charge in [0.05, 0.1) is 44.2 Å². The van der Waals surface area contributed by atoms with Crippen LogP contribution < -0.4 is 0 Å². The summed E-state index contributed by atoms with van der Waals surface area (Å²) < 4.78 is 60.6. The number of carbonyl (C=O) groups is 5. The van der Waals surface area contributed by atoms with Gasteiger partial charge in [-0.15, -0.1) is 0 Å². The molecule has 0 spiro atoms. The van der Waals surface area contributed by atoms with Crippen LogP contribution in [0.15, 0.2) is 65.9 Å². The second-order valence-corrected chi connectivity index (χ2v) is 15.4. The Morgan fingerprint density at radius 2 is 1.12 bits per heavy atom. The molecule has 1 N–H and O–H groups in total. The largest absolute Gasteiger partial charge is 0.512 e. The summed E-state index contributed by atoms with van der Waals surface area (Å²) in [6.07, 6.45) is 1.79. The topological polar surface area (TPSA) is 143 Å². The fourth-order valence-electron chi connectivity index (χ4n) is 7.27. The van der Waals surface area contributed by atoms with E-state index in [0.29, 0.717) is 59.1 Å². The number of ether oxygens (including phenoxy) is 4. The summed E-state index contributed by atoms with van der Waals surface area (Å²) in [5, 5.41) is 10.2. The highest BCUT2D eigenvalue weighted by Gasteiger charge is 2.48. The molecule has 3 aromatic rings. The number of benzene rings is 3. The van der Waals surface area contributed by atoms with E-state index in [1.165, 1.54) is 45.6 Å². The summed E-state index contributed by atoms with van der Waals surface area (Å²) in [4.78, 5) is 59.8. The molecule has 3 aromatic carbocycles. The molecule has 2 aliphatic carbocycles. The van der Waals surface area contributed by atoms with Gasteiger partial charge in [-0.1, -0.05) is 36.4 Å². The van der Waals surface area contributed by atoms with E-state index in [-0.39, 0.29) is 66.4 Å². The van der Waals surface area contributed by atoms with Crippen LogP contribution in [0.3, 0.4) is 0 Å². The molecule has 1 unspecified atom stereocenters. The van der Waals surface area contributed by atoms with Crippen molar-refractivity contribution in [3.8, 4) is 0 Å². The maximum Gasteiger partial charge on any atom is 0.337 e. The summed E-state index contributed by atoms with van der Waals surface area (Å²) in [5.41, 5.74) is 0.216. The molecule has 0 aromatic heterocycles. The minimum atomic E-state index is -1.25. The molecular weight excluding hydrogens is 757 g/mol. The lowest BCUT2D eigenvalue weighted by Gasteiger charge is -2.37. The molecule has 0 radical (unpaired) electrons. The minimum Gasteiger partial charge on any atom is -0.512 e. The molecule has 0 bridgehead atoms. The number of carbonyl (C=O) groups excluding carboxylic acids is 5. The number of hydrogen-bond donors (Lipinski definition) is 1. The van der Waals surface area contributed by atoms with E-state index in [1.54, 1.807) is 71.9 Å². The van der Waals surface area contributed by atoms with E-state index < -0.39 is 34.2 Å². The Morgan fingerprint density at radius 1 is 0.672 bits per heavy atom. The molecule has 314 valence electrons. The standard InChI is InChI=1S/C20H25FO5.C15H17FO3.C10H11FO2/c1-12-14(7-6-8-15(12)21)20(18(24)25-5)10-9-16(22)13(11-20)17(23)26-19(2,3)4;1-10-12(4-3-5-13(10)16)15(14(18)19-2)8-6-11(17)7-9-15;1-7-8(6-10(12)13-2)4-3-5-9(7)11/h6-8,22H,9-11H2,1-5H3;3-5H,6-9H2,1-2H3;3-5H,6H2,1-2H3. The number of rotatable bonds is 7. The summed E-state index contributed by atoms with van der Waals surface area (Å²) >= 11 is 0. The van der Waals surface area contributed by atoms with Gasteiger partial charge in [0.2, 0.25) is 0 Å². The second kappa shape index (κ2) is 19.8. The Hall–Kier alpha value is -5.46. The number of Topliss-reactive ketones (excluding diaryl/α,β-unsaturated/α-hetero) is 1. The van der Waals surface area contributed by atoms with Crippen LogP contribution in [0.2, 0.25) is 0 Å². The van der Waals surface area contributed by atoms with Gasteiger partial charge in [0.25, 0.3) is 0 Å². The van der Waals surface area contributed by atoms with Crippen molar-refractivity contribution < 1.29 is 61.2 Å². The van der Waals surface area contributed by atoms with Crippen molar-refractivity contribution >= 4 is 29.7 Å². The number of halogens is 3. The molecule has 58 heavy (non-hydrogen) atoms. The number of allylic oxidation sites excluding steroid dienone is 1. The van der Waals surface area contributed by atoms with E-state index >= 15 is 0 Å². The summed E-state index contributed by atoms with van der Waals surface area (Å²) in [6, 6.07) is 13.9. The molecule has 2 aliphatic rings. The van der Waals surface area contributed by atoms with Crippen LogP contribution >= 0.6 is 0 Å². The van der Waals surface area contributed by atoms with Crippen molar-refractivity contribution in [3.05, 3.63) is 117 Å². The SMILES string of the molecule is COC(=O)C1(c2cccc(F)c2C)CCC(=O)CC1.COC(=O)C1(c2cccc(F)c2C)CCC(O)=C(C(=O)OC(C)(C)C)C1.COC(=O)Cc1cccc(F)c1C. The molecule has 1 fully saturated rings. The Kier molecular flexibility index (Phi) is 16.0. The lowest BCUT2D eigenvalue weighted by atomic mass is 9.67. The number of aliphatic hydroxyl groups excluding tert-OH is 1. The van der Waals surface area contributed by atoms with Gasteiger partial charge in [-0.05, 0) is 112 Å². The zero-order valence-electron chi connectivity index (χ0n) is 34.6. The number of methoxy groups -OCH3 is 3. The van der Waals surface area contributed by atoms with Gasteiger partial charge in [-0.2, -0.15) is 0 Å². The third kappa shape index (κ3) is 10.9. The molecule has 1 atom stereocenters. The highest BCUT2D eigenvalue weighted by molar-refractivity contribution is 5.93. The van der Waals surface area contributed by atoms with Crippen molar-refractivity contribution in [2.45, 2.75) is 109 Å². The van der Waals surface area contributed by atoms with Crippen LogP contribution in [0.4, 0.5) is 13.2 Å². The van der Waals surface area contributed by atoms with E-state index in [9.17, 15) is 42.3 Å². The molecule has 0 aliphatic heterocycles. The summed E-state index contributed by atoms with van der Waals surface area (Å²) in [7, 11) is 3.90.